The van der Waals surface area contributed by atoms with Crippen LogP contribution in [0.25, 0.3) is 5.69 Å². The Labute approximate surface area is 183 Å². The lowest BCUT2D eigenvalue weighted by Crippen LogP contribution is -2.44. The highest BCUT2D eigenvalue weighted by atomic mass is 32.2. The molecule has 8 nitrogen and oxygen atoms in total. The smallest absolute Gasteiger partial charge is 0.261 e. The number of likely N-dealkylation sites (N-methyl/N-ethyl adjacent to an activating group) is 1. The maximum atomic E-state index is 13.0. The summed E-state index contributed by atoms with van der Waals surface area (Å²) in [5, 5.41) is 0. The number of aromatic nitrogens is 2. The molecule has 0 unspecified atom stereocenters. The zero-order valence-corrected chi connectivity index (χ0v) is 18.9. The van der Waals surface area contributed by atoms with Crippen LogP contribution in [0.2, 0.25) is 0 Å². The van der Waals surface area contributed by atoms with Crippen molar-refractivity contribution in [2.24, 2.45) is 0 Å². The van der Waals surface area contributed by atoms with Gasteiger partial charge in [0, 0.05) is 43.8 Å². The van der Waals surface area contributed by atoms with E-state index in [9.17, 15) is 8.42 Å². The van der Waals surface area contributed by atoms with Crippen molar-refractivity contribution in [1.82, 2.24) is 14.5 Å². The molecule has 3 aromatic rings. The van der Waals surface area contributed by atoms with E-state index in [-0.39, 0.29) is 4.90 Å². The van der Waals surface area contributed by atoms with Gasteiger partial charge in [0.25, 0.3) is 10.0 Å². The second-order valence-electron chi connectivity index (χ2n) is 8.07. The lowest BCUT2D eigenvalue weighted by molar-refractivity contribution is 0.313. The third-order valence-electron chi connectivity index (χ3n) is 5.59. The lowest BCUT2D eigenvalue weighted by atomic mass is 10.2. The molecular formula is C22H28N6O2S. The highest BCUT2D eigenvalue weighted by molar-refractivity contribution is 7.92. The molecule has 31 heavy (non-hydrogen) atoms. The quantitative estimate of drug-likeness (QED) is 0.592. The van der Waals surface area contributed by atoms with Gasteiger partial charge >= 0.3 is 0 Å². The first-order valence-electron chi connectivity index (χ1n) is 10.2. The minimum atomic E-state index is -3.78. The van der Waals surface area contributed by atoms with E-state index in [1.165, 1.54) is 6.07 Å². The Balaban J connectivity index is 1.71. The molecule has 0 aliphatic carbocycles. The normalized spacial score (nSPS) is 15.3. The number of nitrogens with zero attached hydrogens (tertiary/aromatic N) is 4. The Morgan fingerprint density at radius 3 is 2.35 bits per heavy atom. The fourth-order valence-corrected chi connectivity index (χ4v) is 4.69. The number of benzene rings is 2. The molecule has 3 N–H and O–H groups in total. The number of nitrogens with two attached hydrogens (primary N) is 1. The third kappa shape index (κ3) is 4.67. The van der Waals surface area contributed by atoms with E-state index >= 15 is 0 Å². The summed E-state index contributed by atoms with van der Waals surface area (Å²) in [6.07, 6.45) is 3.65. The number of nitrogens with one attached hydrogen (secondary N) is 1. The SMILES string of the molecule is Cc1cn(-c2cc(NS(=O)(=O)c3ccc(C)c(N)c3)cc(N3CCN(C)CC3)c2)cn1. The van der Waals surface area contributed by atoms with Crippen molar-refractivity contribution in [3.8, 4) is 5.69 Å². The van der Waals surface area contributed by atoms with Gasteiger partial charge < -0.3 is 20.1 Å². The first kappa shape index (κ1) is 21.2. The Hall–Kier alpha value is -3.04. The Kier molecular flexibility index (Phi) is 5.63. The molecule has 0 amide bonds. The van der Waals surface area contributed by atoms with Crippen LogP contribution in [0, 0.1) is 13.8 Å². The van der Waals surface area contributed by atoms with Gasteiger partial charge in [0.05, 0.1) is 28.3 Å². The van der Waals surface area contributed by atoms with E-state index in [0.717, 1.165) is 48.8 Å². The number of piperazine rings is 1. The van der Waals surface area contributed by atoms with Gasteiger partial charge in [0.1, 0.15) is 0 Å². The highest BCUT2D eigenvalue weighted by Crippen LogP contribution is 2.28. The Morgan fingerprint density at radius 2 is 1.71 bits per heavy atom. The molecule has 0 spiro atoms. The van der Waals surface area contributed by atoms with Crippen molar-refractivity contribution < 1.29 is 8.42 Å². The van der Waals surface area contributed by atoms with E-state index in [0.29, 0.717) is 11.4 Å². The molecule has 2 aromatic carbocycles. The van der Waals surface area contributed by atoms with Gasteiger partial charge in [-0.05, 0) is 56.8 Å². The van der Waals surface area contributed by atoms with Crippen LogP contribution in [0.1, 0.15) is 11.3 Å². The second-order valence-corrected chi connectivity index (χ2v) is 9.76. The largest absolute Gasteiger partial charge is 0.398 e. The van der Waals surface area contributed by atoms with Crippen LogP contribution < -0.4 is 15.4 Å². The van der Waals surface area contributed by atoms with Crippen LogP contribution >= 0.6 is 0 Å². The lowest BCUT2D eigenvalue weighted by Gasteiger charge is -2.34. The third-order valence-corrected chi connectivity index (χ3v) is 6.97. The van der Waals surface area contributed by atoms with E-state index in [4.69, 9.17) is 5.73 Å². The molecule has 0 saturated carbocycles. The molecule has 1 saturated heterocycles. The summed E-state index contributed by atoms with van der Waals surface area (Å²) in [6, 6.07) is 10.5. The van der Waals surface area contributed by atoms with Gasteiger partial charge in [-0.2, -0.15) is 0 Å². The number of nitrogen functional groups attached to an aromatic ring is 1. The number of rotatable bonds is 5. The number of aryl methyl sites for hydroxylation is 2. The first-order valence-corrected chi connectivity index (χ1v) is 11.7. The summed E-state index contributed by atoms with van der Waals surface area (Å²) >= 11 is 0. The van der Waals surface area contributed by atoms with Crippen LogP contribution in [-0.4, -0.2) is 56.1 Å². The van der Waals surface area contributed by atoms with Crippen LogP contribution in [0.4, 0.5) is 17.1 Å². The number of hydrogen-bond acceptors (Lipinski definition) is 6. The molecule has 9 heteroatoms. The predicted molar refractivity (Wildman–Crippen MR) is 124 cm³/mol. The van der Waals surface area contributed by atoms with Gasteiger partial charge in [-0.1, -0.05) is 6.07 Å². The fraction of sp³-hybridized carbons (Fsp3) is 0.318. The predicted octanol–water partition coefficient (Wildman–Crippen LogP) is 2.62. The van der Waals surface area contributed by atoms with Crippen molar-refractivity contribution in [2.45, 2.75) is 18.7 Å². The van der Waals surface area contributed by atoms with Crippen LogP contribution in [0.3, 0.4) is 0 Å². The average Bonchev–Trinajstić information content (AvgIpc) is 3.16. The van der Waals surface area contributed by atoms with Crippen LogP contribution in [0.15, 0.2) is 53.8 Å². The summed E-state index contributed by atoms with van der Waals surface area (Å²) in [5.74, 6) is 0. The van der Waals surface area contributed by atoms with Crippen LogP contribution in [-0.2, 0) is 10.0 Å². The molecule has 1 fully saturated rings. The number of anilines is 3. The number of hydrogen-bond donors (Lipinski definition) is 2. The minimum Gasteiger partial charge on any atom is -0.398 e. The van der Waals surface area contributed by atoms with Crippen molar-refractivity contribution in [3.05, 3.63) is 60.2 Å². The van der Waals surface area contributed by atoms with Gasteiger partial charge in [0.2, 0.25) is 0 Å². The van der Waals surface area contributed by atoms with Crippen LogP contribution in [0.5, 0.6) is 0 Å². The molecule has 0 bridgehead atoms. The van der Waals surface area contributed by atoms with Crippen molar-refractivity contribution in [3.63, 3.8) is 0 Å². The van der Waals surface area contributed by atoms with E-state index in [2.05, 4.69) is 32.6 Å². The Bertz CT molecular complexity index is 1200. The summed E-state index contributed by atoms with van der Waals surface area (Å²) < 4.78 is 30.7. The number of sulfonamides is 1. The molecule has 1 aliphatic heterocycles. The van der Waals surface area contributed by atoms with Crippen molar-refractivity contribution >= 4 is 27.1 Å². The van der Waals surface area contributed by atoms with Crippen molar-refractivity contribution in [2.75, 3.05) is 48.6 Å². The monoisotopic (exact) mass is 440 g/mol. The molecule has 1 aliphatic rings. The standard InChI is InChI=1S/C22H28N6O2S/c1-16-4-5-21(13-22(16)23)31(29,30)25-18-10-19(27-8-6-26(3)7-9-27)12-20(11-18)28-14-17(2)24-15-28/h4-5,10-15,25H,6-9,23H2,1-3H3. The summed E-state index contributed by atoms with van der Waals surface area (Å²) in [5.41, 5.74) is 10.4. The molecule has 2 heterocycles. The van der Waals surface area contributed by atoms with Crippen molar-refractivity contribution in [1.29, 1.82) is 0 Å². The highest BCUT2D eigenvalue weighted by Gasteiger charge is 2.19. The van der Waals surface area contributed by atoms with E-state index < -0.39 is 10.0 Å². The second kappa shape index (κ2) is 8.24. The zero-order valence-electron chi connectivity index (χ0n) is 18.0. The van der Waals surface area contributed by atoms with E-state index in [1.54, 1.807) is 18.5 Å². The van der Waals surface area contributed by atoms with Gasteiger partial charge in [-0.3, -0.25) is 4.72 Å². The van der Waals surface area contributed by atoms with E-state index in [1.807, 2.05) is 36.7 Å². The number of imidazole rings is 1. The van der Waals surface area contributed by atoms with Gasteiger partial charge in [-0.25, -0.2) is 13.4 Å². The van der Waals surface area contributed by atoms with Gasteiger partial charge in [-0.15, -0.1) is 0 Å². The van der Waals surface area contributed by atoms with Gasteiger partial charge in [0.15, 0.2) is 0 Å². The topological polar surface area (TPSA) is 96.5 Å². The summed E-state index contributed by atoms with van der Waals surface area (Å²) in [6.45, 7) is 7.44. The Morgan fingerprint density at radius 1 is 1.00 bits per heavy atom. The molecule has 0 atom stereocenters. The molecular weight excluding hydrogens is 412 g/mol. The first-order chi connectivity index (χ1) is 14.7. The molecule has 0 radical (unpaired) electrons. The molecule has 1 aromatic heterocycles. The summed E-state index contributed by atoms with van der Waals surface area (Å²) in [7, 11) is -1.68. The maximum Gasteiger partial charge on any atom is 0.261 e. The molecule has 164 valence electrons. The zero-order chi connectivity index (χ0) is 22.2. The minimum absolute atomic E-state index is 0.139. The summed E-state index contributed by atoms with van der Waals surface area (Å²) in [4.78, 5) is 9.00. The fourth-order valence-electron chi connectivity index (χ4n) is 3.61. The maximum absolute atomic E-state index is 13.0. The average molecular weight is 441 g/mol. The molecule has 4 rings (SSSR count).